The second kappa shape index (κ2) is 10.7. The predicted molar refractivity (Wildman–Crippen MR) is 169 cm³/mol. The summed E-state index contributed by atoms with van der Waals surface area (Å²) in [5.41, 5.74) is 2.33. The maximum absolute atomic E-state index is 14.1. The Balaban J connectivity index is 1.08. The van der Waals surface area contributed by atoms with Crippen LogP contribution in [0.2, 0.25) is 0 Å². The third-order valence-corrected chi connectivity index (χ3v) is 10.8. The molecule has 1 aromatic heterocycles. The fourth-order valence-corrected chi connectivity index (χ4v) is 8.32. The van der Waals surface area contributed by atoms with Gasteiger partial charge in [-0.1, -0.05) is 12.1 Å². The summed E-state index contributed by atoms with van der Waals surface area (Å²) >= 11 is 2.25. The van der Waals surface area contributed by atoms with E-state index in [9.17, 15) is 14.3 Å². The molecule has 5 aliphatic rings. The van der Waals surface area contributed by atoms with Gasteiger partial charge in [0.1, 0.15) is 17.7 Å². The van der Waals surface area contributed by atoms with E-state index in [0.717, 1.165) is 83.3 Å². The molecule has 2 aromatic carbocycles. The van der Waals surface area contributed by atoms with Crippen molar-refractivity contribution < 1.29 is 19.0 Å². The van der Waals surface area contributed by atoms with Gasteiger partial charge >= 0.3 is 6.01 Å². The molecule has 8 rings (SSSR count). The zero-order chi connectivity index (χ0) is 29.3. The monoisotopic (exact) mass is 698 g/mol. The average Bonchev–Trinajstić information content (AvgIpc) is 3.24. The number of anilines is 1. The normalized spacial score (nSPS) is 25.9. The first kappa shape index (κ1) is 27.8. The van der Waals surface area contributed by atoms with E-state index in [0.29, 0.717) is 56.3 Å². The molecule has 2 bridgehead atoms. The van der Waals surface area contributed by atoms with E-state index in [1.165, 1.54) is 0 Å². The van der Waals surface area contributed by atoms with Crippen molar-refractivity contribution >= 4 is 45.1 Å². The number of aromatic nitrogens is 2. The number of alkyl halides is 1. The Hall–Kier alpha value is -2.77. The fourth-order valence-electron chi connectivity index (χ4n) is 7.51. The van der Waals surface area contributed by atoms with E-state index >= 15 is 0 Å². The summed E-state index contributed by atoms with van der Waals surface area (Å²) in [5, 5.41) is 15.8. The van der Waals surface area contributed by atoms with Crippen LogP contribution in [0.4, 0.5) is 10.2 Å². The Labute approximate surface area is 263 Å². The van der Waals surface area contributed by atoms with Crippen LogP contribution in [0.25, 0.3) is 10.8 Å². The first-order valence-corrected chi connectivity index (χ1v) is 16.5. The minimum Gasteiger partial charge on any atom is -0.508 e. The first-order chi connectivity index (χ1) is 20.8. The number of ether oxygens (including phenoxy) is 1. The van der Waals surface area contributed by atoms with E-state index in [2.05, 4.69) is 37.7 Å². The average molecular weight is 699 g/mol. The lowest BCUT2D eigenvalue weighted by Gasteiger charge is -2.34. The first-order valence-electron chi connectivity index (χ1n) is 15.4. The number of rotatable bonds is 7. The number of halogens is 2. The molecule has 3 saturated heterocycles. The van der Waals surface area contributed by atoms with Gasteiger partial charge in [-0.3, -0.25) is 9.69 Å². The number of hydrogen-bond acceptors (Lipinski definition) is 8. The molecule has 226 valence electrons. The van der Waals surface area contributed by atoms with E-state index in [-0.39, 0.29) is 17.1 Å². The molecule has 5 heterocycles. The highest BCUT2D eigenvalue weighted by Gasteiger charge is 2.46. The van der Waals surface area contributed by atoms with Crippen molar-refractivity contribution in [2.24, 2.45) is 5.41 Å². The number of nitrogens with one attached hydrogen (secondary N) is 1. The number of hydrogen-bond donors (Lipinski definition) is 2. The van der Waals surface area contributed by atoms with Gasteiger partial charge in [0.15, 0.2) is 0 Å². The second-order valence-electron chi connectivity index (χ2n) is 13.2. The molecule has 1 aliphatic carbocycles. The molecule has 4 fully saturated rings. The van der Waals surface area contributed by atoms with Crippen molar-refractivity contribution in [3.05, 3.63) is 50.7 Å². The smallest absolute Gasteiger partial charge is 0.318 e. The van der Waals surface area contributed by atoms with Crippen LogP contribution >= 0.6 is 22.6 Å². The Morgan fingerprint density at radius 2 is 1.93 bits per heavy atom. The number of phenolic OH excluding ortho intramolecular Hbond substituents is 1. The largest absolute Gasteiger partial charge is 0.508 e. The summed E-state index contributed by atoms with van der Waals surface area (Å²) in [6.07, 6.45) is 4.35. The maximum Gasteiger partial charge on any atom is 0.318 e. The molecule has 0 spiro atoms. The van der Waals surface area contributed by atoms with Crippen LogP contribution in [0.15, 0.2) is 30.3 Å². The number of nitrogens with zero attached hydrogens (tertiary/aromatic N) is 5. The lowest BCUT2D eigenvalue weighted by atomic mass is 10.0. The van der Waals surface area contributed by atoms with Gasteiger partial charge in [-0.15, -0.1) is 0 Å². The van der Waals surface area contributed by atoms with Gasteiger partial charge < -0.3 is 25.0 Å². The number of carbonyl (C=O) groups is 1. The van der Waals surface area contributed by atoms with Crippen LogP contribution in [0.3, 0.4) is 0 Å². The summed E-state index contributed by atoms with van der Waals surface area (Å²) in [6.45, 7) is 5.20. The van der Waals surface area contributed by atoms with Gasteiger partial charge in [0.25, 0.3) is 5.91 Å². The number of benzene rings is 2. The van der Waals surface area contributed by atoms with Crippen molar-refractivity contribution in [1.82, 2.24) is 25.1 Å². The Morgan fingerprint density at radius 1 is 1.12 bits per heavy atom. The van der Waals surface area contributed by atoms with Crippen LogP contribution in [0.1, 0.15) is 53.7 Å². The molecule has 0 radical (unpaired) electrons. The predicted octanol–water partition coefficient (Wildman–Crippen LogP) is 4.24. The van der Waals surface area contributed by atoms with Gasteiger partial charge in [-0.25, -0.2) is 4.39 Å². The van der Waals surface area contributed by atoms with Gasteiger partial charge in [-0.2, -0.15) is 9.97 Å². The molecule has 9 nitrogen and oxygen atoms in total. The Kier molecular flexibility index (Phi) is 6.90. The van der Waals surface area contributed by atoms with Gasteiger partial charge in [0, 0.05) is 64.7 Å². The van der Waals surface area contributed by atoms with Crippen molar-refractivity contribution in [3.63, 3.8) is 0 Å². The minimum absolute atomic E-state index is 0.0380. The summed E-state index contributed by atoms with van der Waals surface area (Å²) in [6, 6.07) is 10.3. The third-order valence-electron chi connectivity index (χ3n) is 9.92. The van der Waals surface area contributed by atoms with Crippen molar-refractivity contribution in [2.45, 2.75) is 63.4 Å². The standard InChI is InChI=1S/C32H36FIN6O3/c33-20-6-9-38(12-20)17-32(7-8-32)18-43-31-36-27-16-40(15-25(27)29(37-31)39-13-21-4-5-22(14-39)35-21)30(42)24-11-23(41)10-19-2-1-3-26(34)28(19)24/h1-3,10-11,20-22,35,41H,4-9,12-18H2/t20-,21?,22?/m1/s1. The van der Waals surface area contributed by atoms with Gasteiger partial charge in [-0.05, 0) is 78.3 Å². The quantitative estimate of drug-likeness (QED) is 0.355. The lowest BCUT2D eigenvalue weighted by Crippen LogP contribution is -2.51. The Bertz CT molecular complexity index is 1590. The molecule has 3 aromatic rings. The molecule has 1 amide bonds. The SMILES string of the molecule is O=C(c1cc(O)cc2cccc(I)c12)N1Cc2nc(OCC3(CN4CC[C@@H](F)C4)CC3)nc(N3CC4CCC(C3)N4)c2C1. The van der Waals surface area contributed by atoms with Gasteiger partial charge in [0.2, 0.25) is 0 Å². The van der Waals surface area contributed by atoms with Crippen LogP contribution in [0, 0.1) is 8.99 Å². The summed E-state index contributed by atoms with van der Waals surface area (Å²) in [7, 11) is 0. The molecule has 2 unspecified atom stereocenters. The summed E-state index contributed by atoms with van der Waals surface area (Å²) in [5.74, 6) is 0.811. The van der Waals surface area contributed by atoms with Crippen molar-refractivity contribution in [3.8, 4) is 11.8 Å². The number of carbonyl (C=O) groups excluding carboxylic acids is 1. The number of piperazine rings is 1. The second-order valence-corrected chi connectivity index (χ2v) is 14.4. The van der Waals surface area contributed by atoms with Gasteiger partial charge in [0.05, 0.1) is 31.0 Å². The fraction of sp³-hybridized carbons (Fsp3) is 0.531. The van der Waals surface area contributed by atoms with Crippen LogP contribution in [-0.4, -0.2) is 88.4 Å². The van der Waals surface area contributed by atoms with Crippen molar-refractivity contribution in [1.29, 1.82) is 0 Å². The third kappa shape index (κ3) is 5.31. The molecule has 3 atom stereocenters. The van der Waals surface area contributed by atoms with Crippen LogP contribution in [0.5, 0.6) is 11.8 Å². The maximum atomic E-state index is 14.1. The zero-order valence-electron chi connectivity index (χ0n) is 24.1. The molecule has 1 saturated carbocycles. The Morgan fingerprint density at radius 3 is 2.67 bits per heavy atom. The molecule has 11 heteroatoms. The number of fused-ring (bicyclic) bond motifs is 4. The number of phenols is 1. The molecular weight excluding hydrogens is 662 g/mol. The number of likely N-dealkylation sites (tertiary alicyclic amines) is 1. The van der Waals surface area contributed by atoms with Crippen LogP contribution in [-0.2, 0) is 13.1 Å². The van der Waals surface area contributed by atoms with Crippen LogP contribution < -0.4 is 15.0 Å². The van der Waals surface area contributed by atoms with E-state index in [4.69, 9.17) is 14.7 Å². The van der Waals surface area contributed by atoms with E-state index < -0.39 is 6.17 Å². The van der Waals surface area contributed by atoms with E-state index in [1.807, 2.05) is 23.1 Å². The minimum atomic E-state index is -0.722. The van der Waals surface area contributed by atoms with Crippen molar-refractivity contribution in [2.75, 3.05) is 44.2 Å². The molecule has 2 N–H and O–H groups in total. The highest BCUT2D eigenvalue weighted by atomic mass is 127. The number of aromatic hydroxyl groups is 1. The molecular formula is C32H36FIN6O3. The zero-order valence-corrected chi connectivity index (χ0v) is 26.2. The van der Waals surface area contributed by atoms with E-state index in [1.54, 1.807) is 12.1 Å². The highest BCUT2D eigenvalue weighted by molar-refractivity contribution is 14.1. The molecule has 4 aliphatic heterocycles. The molecule has 43 heavy (non-hydrogen) atoms. The summed E-state index contributed by atoms with van der Waals surface area (Å²) in [4.78, 5) is 30.3. The lowest BCUT2D eigenvalue weighted by molar-refractivity contribution is 0.0752. The number of amides is 1. The summed E-state index contributed by atoms with van der Waals surface area (Å²) < 4.78 is 21.1. The topological polar surface area (TPSA) is 94.1 Å². The highest BCUT2D eigenvalue weighted by Crippen LogP contribution is 2.47.